The molecule has 0 atom stereocenters. The number of carbonyl (C=O) groups excluding carboxylic acids is 2. The molecule has 3 aromatic rings. The molecule has 1 heterocycles. The number of ether oxygens (including phenoxy) is 1. The maximum atomic E-state index is 14.9. The highest BCUT2D eigenvalue weighted by atomic mass is 35.5. The van der Waals surface area contributed by atoms with Gasteiger partial charge in [0.05, 0.1) is 18.6 Å². The fraction of sp³-hybridized carbons (Fsp3) is 0.296. The fourth-order valence-electron chi connectivity index (χ4n) is 3.68. The number of carbonyl (C=O) groups is 2. The van der Waals surface area contributed by atoms with Crippen LogP contribution in [0, 0.1) is 5.82 Å². The molecule has 0 aliphatic carbocycles. The van der Waals surface area contributed by atoms with Gasteiger partial charge >= 0.3 is 6.18 Å². The SMILES string of the molecule is CCOc1cc(=O)[nH]cc1-c1ccc(CC(=O)Nc2cc(C(=O)NCCN(C)C)cc(C(F)(F)F)c2)c(F)c1.Cl. The van der Waals surface area contributed by atoms with Crippen LogP contribution < -0.4 is 20.9 Å². The zero-order valence-electron chi connectivity index (χ0n) is 21.9. The molecule has 0 aliphatic heterocycles. The van der Waals surface area contributed by atoms with Crippen LogP contribution >= 0.6 is 12.4 Å². The lowest BCUT2D eigenvalue weighted by atomic mass is 10.0. The number of anilines is 1. The standard InChI is InChI=1S/C27H28F4N4O4.ClH/c1-4-39-23-14-24(36)33-15-21(23)16-5-6-17(22(28)11-16)12-25(37)34-20-10-18(9-19(13-20)27(29,30)31)26(38)32-7-8-35(2)3;/h5-6,9-11,13-15H,4,7-8,12H2,1-3H3,(H,32,38)(H,33,36)(H,34,37);1H. The van der Waals surface area contributed by atoms with E-state index in [0.29, 0.717) is 29.8 Å². The Hall–Kier alpha value is -3.90. The quantitative estimate of drug-likeness (QED) is 0.305. The van der Waals surface area contributed by atoms with Gasteiger partial charge in [-0.3, -0.25) is 14.4 Å². The molecule has 0 saturated carbocycles. The Morgan fingerprint density at radius 2 is 1.80 bits per heavy atom. The van der Waals surface area contributed by atoms with E-state index in [1.54, 1.807) is 25.9 Å². The van der Waals surface area contributed by atoms with E-state index < -0.39 is 35.8 Å². The summed E-state index contributed by atoms with van der Waals surface area (Å²) in [6, 6.07) is 7.83. The molecule has 0 saturated heterocycles. The number of nitrogens with one attached hydrogen (secondary N) is 3. The van der Waals surface area contributed by atoms with E-state index in [0.717, 1.165) is 6.07 Å². The van der Waals surface area contributed by atoms with Crippen molar-refractivity contribution >= 4 is 29.9 Å². The molecule has 0 unspecified atom stereocenters. The molecule has 40 heavy (non-hydrogen) atoms. The molecule has 0 fully saturated rings. The van der Waals surface area contributed by atoms with Gasteiger partial charge in [-0.1, -0.05) is 12.1 Å². The smallest absolute Gasteiger partial charge is 0.416 e. The number of likely N-dealkylation sites (N-methyl/N-ethyl adjacent to an activating group) is 1. The highest BCUT2D eigenvalue weighted by Crippen LogP contribution is 2.32. The van der Waals surface area contributed by atoms with E-state index in [9.17, 15) is 31.9 Å². The summed E-state index contributed by atoms with van der Waals surface area (Å²) < 4.78 is 60.7. The number of aromatic nitrogens is 1. The Balaban J connectivity index is 0.00000560. The Morgan fingerprint density at radius 3 is 2.42 bits per heavy atom. The molecular weight excluding hydrogens is 556 g/mol. The van der Waals surface area contributed by atoms with Crippen LogP contribution in [0.15, 0.2) is 53.5 Å². The van der Waals surface area contributed by atoms with Crippen molar-refractivity contribution in [1.82, 2.24) is 15.2 Å². The number of hydrogen-bond acceptors (Lipinski definition) is 5. The second-order valence-electron chi connectivity index (χ2n) is 8.90. The lowest BCUT2D eigenvalue weighted by molar-refractivity contribution is -0.137. The molecule has 8 nitrogen and oxygen atoms in total. The summed E-state index contributed by atoms with van der Waals surface area (Å²) in [4.78, 5) is 41.0. The molecule has 1 aromatic heterocycles. The number of alkyl halides is 3. The first-order valence-electron chi connectivity index (χ1n) is 12.0. The van der Waals surface area contributed by atoms with E-state index in [1.165, 1.54) is 30.5 Å². The molecule has 0 bridgehead atoms. The van der Waals surface area contributed by atoms with Gasteiger partial charge in [0, 0.05) is 42.2 Å². The van der Waals surface area contributed by atoms with Gasteiger partial charge in [-0.2, -0.15) is 13.2 Å². The van der Waals surface area contributed by atoms with Crippen molar-refractivity contribution in [2.75, 3.05) is 39.1 Å². The van der Waals surface area contributed by atoms with Crippen molar-refractivity contribution in [3.05, 3.63) is 81.5 Å². The summed E-state index contributed by atoms with van der Waals surface area (Å²) in [6.45, 7) is 2.71. The largest absolute Gasteiger partial charge is 0.493 e. The number of pyridine rings is 1. The van der Waals surface area contributed by atoms with Crippen LogP contribution in [0.1, 0.15) is 28.4 Å². The minimum absolute atomic E-state index is 0. The lowest BCUT2D eigenvalue weighted by Crippen LogP contribution is -2.31. The van der Waals surface area contributed by atoms with E-state index in [4.69, 9.17) is 4.74 Å². The average molecular weight is 585 g/mol. The van der Waals surface area contributed by atoms with E-state index in [1.807, 2.05) is 0 Å². The van der Waals surface area contributed by atoms with Gasteiger partial charge in [0.2, 0.25) is 5.91 Å². The Morgan fingerprint density at radius 1 is 1.07 bits per heavy atom. The van der Waals surface area contributed by atoms with Crippen LogP contribution in [0.5, 0.6) is 5.75 Å². The third-order valence-corrected chi connectivity index (χ3v) is 5.55. The number of amides is 2. The number of rotatable bonds is 10. The third-order valence-electron chi connectivity index (χ3n) is 5.55. The fourth-order valence-corrected chi connectivity index (χ4v) is 3.68. The maximum Gasteiger partial charge on any atom is 0.416 e. The van der Waals surface area contributed by atoms with Gasteiger partial charge in [-0.05, 0) is 56.4 Å². The number of H-pyrrole nitrogens is 1. The van der Waals surface area contributed by atoms with Crippen LogP contribution in [0.2, 0.25) is 0 Å². The topological polar surface area (TPSA) is 104 Å². The molecule has 2 aromatic carbocycles. The van der Waals surface area contributed by atoms with Crippen molar-refractivity contribution in [2.24, 2.45) is 0 Å². The van der Waals surface area contributed by atoms with Crippen LogP contribution in [-0.2, 0) is 17.4 Å². The molecule has 216 valence electrons. The molecule has 13 heteroatoms. The molecule has 3 N–H and O–H groups in total. The Labute approximate surface area is 234 Å². The summed E-state index contributed by atoms with van der Waals surface area (Å²) in [5.41, 5.74) is -1.21. The highest BCUT2D eigenvalue weighted by Gasteiger charge is 2.32. The summed E-state index contributed by atoms with van der Waals surface area (Å²) in [5.74, 6) is -1.98. The highest BCUT2D eigenvalue weighted by molar-refractivity contribution is 5.98. The third kappa shape index (κ3) is 8.82. The first-order valence-corrected chi connectivity index (χ1v) is 12.0. The zero-order chi connectivity index (χ0) is 28.7. The van der Waals surface area contributed by atoms with Crippen LogP contribution in [0.4, 0.5) is 23.2 Å². The molecular formula is C27H29ClF4N4O4. The van der Waals surface area contributed by atoms with Crippen molar-refractivity contribution < 1.29 is 31.9 Å². The van der Waals surface area contributed by atoms with Gasteiger partial charge in [0.1, 0.15) is 11.6 Å². The van der Waals surface area contributed by atoms with Crippen molar-refractivity contribution in [2.45, 2.75) is 19.5 Å². The van der Waals surface area contributed by atoms with E-state index in [-0.39, 0.29) is 53.7 Å². The van der Waals surface area contributed by atoms with Gasteiger partial charge in [-0.25, -0.2) is 4.39 Å². The second-order valence-corrected chi connectivity index (χ2v) is 8.90. The predicted molar refractivity (Wildman–Crippen MR) is 146 cm³/mol. The molecule has 0 radical (unpaired) electrons. The number of nitrogens with zero attached hydrogens (tertiary/aromatic N) is 1. The van der Waals surface area contributed by atoms with Crippen molar-refractivity contribution in [3.63, 3.8) is 0 Å². The monoisotopic (exact) mass is 584 g/mol. The van der Waals surface area contributed by atoms with Gasteiger partial charge in [0.25, 0.3) is 11.5 Å². The summed E-state index contributed by atoms with van der Waals surface area (Å²) >= 11 is 0. The van der Waals surface area contributed by atoms with Gasteiger partial charge < -0.3 is 25.3 Å². The number of hydrogen-bond donors (Lipinski definition) is 3. The van der Waals surface area contributed by atoms with Crippen LogP contribution in [0.3, 0.4) is 0 Å². The molecule has 0 spiro atoms. The molecule has 3 rings (SSSR count). The number of benzene rings is 2. The maximum absolute atomic E-state index is 14.9. The summed E-state index contributed by atoms with van der Waals surface area (Å²) in [7, 11) is 3.56. The molecule has 0 aliphatic rings. The minimum atomic E-state index is -4.76. The van der Waals surface area contributed by atoms with E-state index in [2.05, 4.69) is 15.6 Å². The first kappa shape index (κ1) is 32.3. The van der Waals surface area contributed by atoms with Crippen molar-refractivity contribution in [3.8, 4) is 16.9 Å². The second kappa shape index (κ2) is 13.9. The first-order chi connectivity index (χ1) is 18.4. The minimum Gasteiger partial charge on any atom is -0.493 e. The lowest BCUT2D eigenvalue weighted by Gasteiger charge is -2.14. The van der Waals surface area contributed by atoms with Crippen LogP contribution in [0.25, 0.3) is 11.1 Å². The van der Waals surface area contributed by atoms with Crippen LogP contribution in [-0.4, -0.2) is 55.5 Å². The van der Waals surface area contributed by atoms with E-state index >= 15 is 0 Å². The Kier molecular flexibility index (Phi) is 11.3. The molecule has 2 amide bonds. The Bertz CT molecular complexity index is 1410. The zero-order valence-corrected chi connectivity index (χ0v) is 22.8. The normalized spacial score (nSPS) is 11.1. The van der Waals surface area contributed by atoms with Gasteiger partial charge in [0.15, 0.2) is 0 Å². The summed E-state index contributed by atoms with van der Waals surface area (Å²) in [6.07, 6.45) is -3.85. The van der Waals surface area contributed by atoms with Gasteiger partial charge in [-0.15, -0.1) is 12.4 Å². The predicted octanol–water partition coefficient (Wildman–Crippen LogP) is 4.49. The van der Waals surface area contributed by atoms with Crippen molar-refractivity contribution in [1.29, 1.82) is 0 Å². The average Bonchev–Trinajstić information content (AvgIpc) is 2.84. The number of halogens is 5. The number of aromatic amines is 1. The summed E-state index contributed by atoms with van der Waals surface area (Å²) in [5, 5.41) is 4.86.